The number of amides is 1. The minimum atomic E-state index is -3.62. The number of nitrogens with one attached hydrogen (secondary N) is 2. The van der Waals surface area contributed by atoms with Crippen LogP contribution in [0.2, 0.25) is 0 Å². The van der Waals surface area contributed by atoms with Crippen LogP contribution in [0.1, 0.15) is 63.4 Å². The molecule has 5 rings (SSSR count). The summed E-state index contributed by atoms with van der Waals surface area (Å²) in [7, 11) is -0.383. The van der Waals surface area contributed by atoms with Crippen LogP contribution in [0.5, 0.6) is 17.4 Å². The third-order valence-corrected chi connectivity index (χ3v) is 9.41. The Morgan fingerprint density at radius 3 is 2.31 bits per heavy atom. The number of carbonyl (C=O) groups excluding carboxylic acids is 1. The number of hydrogen-bond donors (Lipinski definition) is 2. The molecule has 0 bridgehead atoms. The molecule has 0 unspecified atom stereocenters. The number of para-hydroxylation sites is 1. The van der Waals surface area contributed by atoms with Crippen molar-refractivity contribution in [3.63, 3.8) is 0 Å². The van der Waals surface area contributed by atoms with E-state index in [0.29, 0.717) is 35.3 Å². The standard InChI is InChI=1S/C36H49N7O5S/c1-35(2,3)25-22-26(33(47-8)27(23-25)40-49(9,45)46)38-34(44)28-21-24-11-10-12-29(32(24)41(28)7)48-31-13-15-37-30(39-31)14-16-42-17-19-43(20-18-42)36(4,5)6/h10-13,15,21-23,40H,14,16-20H2,1-9H3,(H,38,44). The summed E-state index contributed by atoms with van der Waals surface area (Å²) in [5.41, 5.74) is 2.34. The Morgan fingerprint density at radius 1 is 0.980 bits per heavy atom. The van der Waals surface area contributed by atoms with Gasteiger partial charge in [-0.2, -0.15) is 4.98 Å². The van der Waals surface area contributed by atoms with E-state index in [1.165, 1.54) is 7.11 Å². The lowest BCUT2D eigenvalue weighted by atomic mass is 9.86. The average molecular weight is 692 g/mol. The van der Waals surface area contributed by atoms with E-state index in [1.807, 2.05) is 39.0 Å². The van der Waals surface area contributed by atoms with Crippen LogP contribution in [0.3, 0.4) is 0 Å². The minimum Gasteiger partial charge on any atom is -0.492 e. The van der Waals surface area contributed by atoms with Gasteiger partial charge in [-0.3, -0.25) is 14.4 Å². The van der Waals surface area contributed by atoms with Gasteiger partial charge >= 0.3 is 0 Å². The first-order chi connectivity index (χ1) is 22.9. The largest absolute Gasteiger partial charge is 0.492 e. The zero-order valence-electron chi connectivity index (χ0n) is 30.0. The van der Waals surface area contributed by atoms with E-state index in [1.54, 1.807) is 42.1 Å². The number of anilines is 2. The van der Waals surface area contributed by atoms with Crippen LogP contribution in [0.25, 0.3) is 10.9 Å². The molecule has 264 valence electrons. The van der Waals surface area contributed by atoms with Crippen molar-refractivity contribution in [1.82, 2.24) is 24.3 Å². The number of hydrogen-bond acceptors (Lipinski definition) is 9. The maximum absolute atomic E-state index is 13.8. The number of methoxy groups -OCH3 is 1. The third kappa shape index (κ3) is 8.70. The maximum Gasteiger partial charge on any atom is 0.272 e. The summed E-state index contributed by atoms with van der Waals surface area (Å²) in [6.07, 6.45) is 3.50. The summed E-state index contributed by atoms with van der Waals surface area (Å²) in [6, 6.07) is 12.7. The molecule has 1 aliphatic heterocycles. The molecule has 3 heterocycles. The number of ether oxygens (including phenoxy) is 2. The molecule has 2 aromatic carbocycles. The van der Waals surface area contributed by atoms with E-state index in [2.05, 4.69) is 45.6 Å². The number of carbonyl (C=O) groups is 1. The topological polar surface area (TPSA) is 131 Å². The highest BCUT2D eigenvalue weighted by molar-refractivity contribution is 7.92. The van der Waals surface area contributed by atoms with E-state index >= 15 is 0 Å². The predicted octanol–water partition coefficient (Wildman–Crippen LogP) is 5.65. The SMILES string of the molecule is COc1c(NC(=O)c2cc3cccc(Oc4ccnc(CCN5CCN(C(C)(C)C)CC5)n4)c3n2C)cc(C(C)(C)C)cc1NS(C)(=O)=O. The molecule has 0 aliphatic carbocycles. The van der Waals surface area contributed by atoms with E-state index in [9.17, 15) is 13.2 Å². The fourth-order valence-corrected chi connectivity index (χ4v) is 6.64. The number of rotatable bonds is 10. The Balaban J connectivity index is 1.35. The van der Waals surface area contributed by atoms with Gasteiger partial charge in [-0.15, -0.1) is 0 Å². The first-order valence-corrected chi connectivity index (χ1v) is 18.4. The molecular weight excluding hydrogens is 643 g/mol. The zero-order chi connectivity index (χ0) is 35.7. The van der Waals surface area contributed by atoms with Crippen LogP contribution >= 0.6 is 0 Å². The Morgan fingerprint density at radius 2 is 1.67 bits per heavy atom. The quantitative estimate of drug-likeness (QED) is 0.217. The van der Waals surface area contributed by atoms with Crippen LogP contribution in [0, 0.1) is 0 Å². The van der Waals surface area contributed by atoms with Crippen molar-refractivity contribution in [2.45, 2.75) is 58.9 Å². The van der Waals surface area contributed by atoms with Gasteiger partial charge in [0.25, 0.3) is 5.91 Å². The molecule has 0 radical (unpaired) electrons. The van der Waals surface area contributed by atoms with E-state index < -0.39 is 15.9 Å². The van der Waals surface area contributed by atoms with Crippen LogP contribution in [-0.2, 0) is 28.9 Å². The Hall–Kier alpha value is -4.20. The first-order valence-electron chi connectivity index (χ1n) is 16.5. The van der Waals surface area contributed by atoms with Crippen LogP contribution in [0.4, 0.5) is 11.4 Å². The van der Waals surface area contributed by atoms with Crippen LogP contribution < -0.4 is 19.5 Å². The molecule has 1 saturated heterocycles. The molecule has 0 spiro atoms. The monoisotopic (exact) mass is 691 g/mol. The van der Waals surface area contributed by atoms with E-state index in [-0.39, 0.29) is 22.4 Å². The van der Waals surface area contributed by atoms with Crippen molar-refractivity contribution < 1.29 is 22.7 Å². The summed E-state index contributed by atoms with van der Waals surface area (Å²) in [5.74, 6) is 1.50. The smallest absolute Gasteiger partial charge is 0.272 e. The van der Waals surface area contributed by atoms with Crippen molar-refractivity contribution in [2.24, 2.45) is 7.05 Å². The van der Waals surface area contributed by atoms with Gasteiger partial charge in [-0.25, -0.2) is 13.4 Å². The molecule has 2 N–H and O–H groups in total. The second-order valence-corrected chi connectivity index (χ2v) is 16.4. The fraction of sp³-hybridized carbons (Fsp3) is 0.472. The summed E-state index contributed by atoms with van der Waals surface area (Å²) < 4.78 is 40.5. The van der Waals surface area contributed by atoms with Crippen LogP contribution in [-0.4, -0.2) is 90.3 Å². The lowest BCUT2D eigenvalue weighted by Crippen LogP contribution is -2.53. The van der Waals surface area contributed by atoms with Gasteiger partial charge in [0.1, 0.15) is 11.5 Å². The molecule has 4 aromatic rings. The van der Waals surface area contributed by atoms with Crippen molar-refractivity contribution in [1.29, 1.82) is 0 Å². The number of fused-ring (bicyclic) bond motifs is 1. The zero-order valence-corrected chi connectivity index (χ0v) is 30.9. The molecule has 2 aromatic heterocycles. The summed E-state index contributed by atoms with van der Waals surface area (Å²) in [5, 5.41) is 3.77. The Kier molecular flexibility index (Phi) is 10.3. The number of nitrogens with zero attached hydrogens (tertiary/aromatic N) is 5. The number of piperazine rings is 1. The fourth-order valence-electron chi connectivity index (χ4n) is 6.09. The second-order valence-electron chi connectivity index (χ2n) is 14.6. The minimum absolute atomic E-state index is 0.182. The van der Waals surface area contributed by atoms with Crippen molar-refractivity contribution >= 4 is 38.2 Å². The highest BCUT2D eigenvalue weighted by Crippen LogP contribution is 2.40. The van der Waals surface area contributed by atoms with Gasteiger partial charge in [0.05, 0.1) is 30.3 Å². The van der Waals surface area contributed by atoms with Gasteiger partial charge in [0.2, 0.25) is 15.9 Å². The molecule has 1 fully saturated rings. The predicted molar refractivity (Wildman–Crippen MR) is 195 cm³/mol. The van der Waals surface area contributed by atoms with Crippen LogP contribution in [0.15, 0.2) is 48.7 Å². The first kappa shape index (κ1) is 36.1. The number of benzene rings is 2. The van der Waals surface area contributed by atoms with Gasteiger partial charge < -0.3 is 24.3 Å². The number of aromatic nitrogens is 3. The normalized spacial score (nSPS) is 15.0. The van der Waals surface area contributed by atoms with E-state index in [4.69, 9.17) is 14.5 Å². The molecule has 13 heteroatoms. The maximum atomic E-state index is 13.8. The summed E-state index contributed by atoms with van der Waals surface area (Å²) in [4.78, 5) is 28.0. The second kappa shape index (κ2) is 14.0. The van der Waals surface area contributed by atoms with Gasteiger partial charge in [-0.1, -0.05) is 32.9 Å². The highest BCUT2D eigenvalue weighted by Gasteiger charge is 2.26. The van der Waals surface area contributed by atoms with E-state index in [0.717, 1.165) is 55.4 Å². The molecular formula is C36H49N7O5S. The average Bonchev–Trinajstić information content (AvgIpc) is 3.36. The Bertz CT molecular complexity index is 1940. The molecule has 1 amide bonds. The third-order valence-electron chi connectivity index (χ3n) is 8.82. The van der Waals surface area contributed by atoms with Crippen molar-refractivity contribution in [3.8, 4) is 17.4 Å². The number of aryl methyl sites for hydroxylation is 1. The van der Waals surface area contributed by atoms with Gasteiger partial charge in [-0.05, 0) is 56.0 Å². The lowest BCUT2D eigenvalue weighted by molar-refractivity contribution is 0.0626. The highest BCUT2D eigenvalue weighted by atomic mass is 32.2. The van der Waals surface area contributed by atoms with Crippen molar-refractivity contribution in [2.75, 3.05) is 56.1 Å². The van der Waals surface area contributed by atoms with Crippen molar-refractivity contribution in [3.05, 3.63) is 65.7 Å². The molecule has 0 atom stereocenters. The Labute approximate surface area is 289 Å². The number of sulfonamides is 1. The lowest BCUT2D eigenvalue weighted by Gasteiger charge is -2.42. The van der Waals surface area contributed by atoms with Gasteiger partial charge in [0, 0.05) is 69.4 Å². The molecule has 0 saturated carbocycles. The molecule has 12 nitrogen and oxygen atoms in total. The van der Waals surface area contributed by atoms with Gasteiger partial charge in [0.15, 0.2) is 11.5 Å². The summed E-state index contributed by atoms with van der Waals surface area (Å²) in [6.45, 7) is 17.8. The molecule has 49 heavy (non-hydrogen) atoms. The summed E-state index contributed by atoms with van der Waals surface area (Å²) >= 11 is 0. The molecule has 1 aliphatic rings.